The fraction of sp³-hybridized carbons (Fsp3) is 0.481. The van der Waals surface area contributed by atoms with E-state index in [-0.39, 0.29) is 42.4 Å². The highest BCUT2D eigenvalue weighted by molar-refractivity contribution is 6.00. The molecule has 3 atom stereocenters. The third-order valence-electron chi connectivity index (χ3n) is 6.67. The standard InChI is InChI=1S/C27H35N3O4/c1-18-14-30(19(2)17-31)27(33)23-13-22(28-26(32)21-9-10-21)11-12-24(23)34-25(18)16-29(3)15-20-7-5-4-6-8-20/h4-8,11-13,18-19,21,25,31H,9-10,14-17H2,1-3H3,(H,28,32)/t18-,19+,25-/m0/s1. The van der Waals surface area contributed by atoms with Gasteiger partial charge < -0.3 is 20.1 Å². The predicted octanol–water partition coefficient (Wildman–Crippen LogP) is 3.39. The first kappa shape index (κ1) is 24.2. The van der Waals surface area contributed by atoms with E-state index in [0.717, 1.165) is 19.4 Å². The van der Waals surface area contributed by atoms with Crippen molar-refractivity contribution in [2.45, 2.75) is 45.4 Å². The maximum absolute atomic E-state index is 13.5. The molecule has 7 nitrogen and oxygen atoms in total. The Kier molecular flexibility index (Phi) is 7.54. The summed E-state index contributed by atoms with van der Waals surface area (Å²) in [7, 11) is 2.07. The minimum absolute atomic E-state index is 0.00576. The van der Waals surface area contributed by atoms with Gasteiger partial charge in [0.2, 0.25) is 5.91 Å². The number of aliphatic hydroxyl groups is 1. The number of benzene rings is 2. The molecule has 0 bridgehead atoms. The number of aliphatic hydroxyl groups excluding tert-OH is 1. The van der Waals surface area contributed by atoms with Crippen LogP contribution in [-0.4, -0.2) is 65.6 Å². The minimum atomic E-state index is -0.326. The van der Waals surface area contributed by atoms with Crippen LogP contribution < -0.4 is 10.1 Å². The lowest BCUT2D eigenvalue weighted by Crippen LogP contribution is -2.49. The van der Waals surface area contributed by atoms with Crippen molar-refractivity contribution < 1.29 is 19.4 Å². The summed E-state index contributed by atoms with van der Waals surface area (Å²) in [5.41, 5.74) is 2.23. The number of hydrogen-bond donors (Lipinski definition) is 2. The van der Waals surface area contributed by atoms with Crippen LogP contribution in [0.15, 0.2) is 48.5 Å². The van der Waals surface area contributed by atoms with E-state index in [1.165, 1.54) is 5.56 Å². The number of anilines is 1. The number of nitrogens with one attached hydrogen (secondary N) is 1. The number of carbonyl (C=O) groups excluding carboxylic acids is 2. The summed E-state index contributed by atoms with van der Waals surface area (Å²) in [4.78, 5) is 29.7. The topological polar surface area (TPSA) is 82.1 Å². The van der Waals surface area contributed by atoms with Crippen molar-refractivity contribution in [3.63, 3.8) is 0 Å². The summed E-state index contributed by atoms with van der Waals surface area (Å²) in [5.74, 6) is 0.439. The van der Waals surface area contributed by atoms with E-state index < -0.39 is 0 Å². The molecule has 4 rings (SSSR count). The van der Waals surface area contributed by atoms with Gasteiger partial charge in [0.25, 0.3) is 5.91 Å². The molecule has 1 aliphatic carbocycles. The number of ether oxygens (including phenoxy) is 1. The average molecular weight is 466 g/mol. The van der Waals surface area contributed by atoms with E-state index >= 15 is 0 Å². The lowest BCUT2D eigenvalue weighted by Gasteiger charge is -2.38. The maximum Gasteiger partial charge on any atom is 0.258 e. The molecule has 1 saturated carbocycles. The summed E-state index contributed by atoms with van der Waals surface area (Å²) >= 11 is 0. The summed E-state index contributed by atoms with van der Waals surface area (Å²) in [6.07, 6.45) is 1.67. The van der Waals surface area contributed by atoms with Crippen LogP contribution in [0.5, 0.6) is 5.75 Å². The van der Waals surface area contributed by atoms with Gasteiger partial charge in [0.05, 0.1) is 18.2 Å². The molecule has 2 aromatic carbocycles. The number of likely N-dealkylation sites (N-methyl/N-ethyl adjacent to an activating group) is 1. The maximum atomic E-state index is 13.5. The van der Waals surface area contributed by atoms with Crippen molar-refractivity contribution in [2.75, 3.05) is 32.1 Å². The molecular formula is C27H35N3O4. The van der Waals surface area contributed by atoms with E-state index in [1.807, 2.05) is 25.1 Å². The van der Waals surface area contributed by atoms with E-state index in [2.05, 4.69) is 36.3 Å². The first-order valence-corrected chi connectivity index (χ1v) is 12.1. The molecule has 0 saturated heterocycles. The van der Waals surface area contributed by atoms with Crippen molar-refractivity contribution in [3.05, 3.63) is 59.7 Å². The van der Waals surface area contributed by atoms with Crippen LogP contribution in [0.2, 0.25) is 0 Å². The highest BCUT2D eigenvalue weighted by atomic mass is 16.5. The highest BCUT2D eigenvalue weighted by Crippen LogP contribution is 2.33. The normalized spacial score (nSPS) is 21.3. The molecular weight excluding hydrogens is 430 g/mol. The average Bonchev–Trinajstić information content (AvgIpc) is 3.67. The Balaban J connectivity index is 1.58. The number of fused-ring (bicyclic) bond motifs is 1. The van der Waals surface area contributed by atoms with E-state index in [4.69, 9.17) is 4.74 Å². The van der Waals surface area contributed by atoms with Crippen LogP contribution in [0.25, 0.3) is 0 Å². The Morgan fingerprint density at radius 3 is 2.65 bits per heavy atom. The van der Waals surface area contributed by atoms with E-state index in [1.54, 1.807) is 23.1 Å². The molecule has 182 valence electrons. The molecule has 1 fully saturated rings. The zero-order chi connectivity index (χ0) is 24.2. The monoisotopic (exact) mass is 465 g/mol. The first-order chi connectivity index (χ1) is 16.4. The van der Waals surface area contributed by atoms with Crippen molar-refractivity contribution in [3.8, 4) is 5.75 Å². The summed E-state index contributed by atoms with van der Waals surface area (Å²) in [5, 5.41) is 12.8. The highest BCUT2D eigenvalue weighted by Gasteiger charge is 2.34. The zero-order valence-corrected chi connectivity index (χ0v) is 20.2. The second-order valence-electron chi connectivity index (χ2n) is 9.78. The molecule has 0 radical (unpaired) electrons. The molecule has 2 aliphatic rings. The van der Waals surface area contributed by atoms with Crippen LogP contribution in [0.4, 0.5) is 5.69 Å². The fourth-order valence-corrected chi connectivity index (χ4v) is 4.37. The summed E-state index contributed by atoms with van der Waals surface area (Å²) < 4.78 is 6.45. The molecule has 0 aromatic heterocycles. The van der Waals surface area contributed by atoms with Gasteiger partial charge in [0.1, 0.15) is 11.9 Å². The fourth-order valence-electron chi connectivity index (χ4n) is 4.37. The minimum Gasteiger partial charge on any atom is -0.488 e. The van der Waals surface area contributed by atoms with Crippen molar-refractivity contribution in [1.29, 1.82) is 0 Å². The SMILES string of the molecule is C[C@H](CO)N1C[C@H](C)[C@H](CN(C)Cc2ccccc2)Oc2ccc(NC(=O)C3CC3)cc2C1=O. The van der Waals surface area contributed by atoms with Gasteiger partial charge in [-0.2, -0.15) is 0 Å². The third kappa shape index (κ3) is 5.77. The predicted molar refractivity (Wildman–Crippen MR) is 132 cm³/mol. The lowest BCUT2D eigenvalue weighted by atomic mass is 9.99. The van der Waals surface area contributed by atoms with Crippen LogP contribution in [0, 0.1) is 11.8 Å². The molecule has 2 amide bonds. The Morgan fingerprint density at radius 2 is 1.97 bits per heavy atom. The number of amides is 2. The van der Waals surface area contributed by atoms with Crippen LogP contribution in [-0.2, 0) is 11.3 Å². The number of rotatable bonds is 8. The third-order valence-corrected chi connectivity index (χ3v) is 6.67. The van der Waals surface area contributed by atoms with Gasteiger partial charge in [-0.15, -0.1) is 0 Å². The van der Waals surface area contributed by atoms with Gasteiger partial charge in [-0.3, -0.25) is 14.5 Å². The molecule has 7 heteroatoms. The largest absolute Gasteiger partial charge is 0.488 e. The van der Waals surface area contributed by atoms with Gasteiger partial charge in [-0.1, -0.05) is 37.3 Å². The quantitative estimate of drug-likeness (QED) is 0.625. The zero-order valence-electron chi connectivity index (χ0n) is 20.2. The van der Waals surface area contributed by atoms with Crippen LogP contribution >= 0.6 is 0 Å². The smallest absolute Gasteiger partial charge is 0.258 e. The van der Waals surface area contributed by atoms with Crippen molar-refractivity contribution in [1.82, 2.24) is 9.80 Å². The molecule has 1 heterocycles. The van der Waals surface area contributed by atoms with Crippen LogP contribution in [0.1, 0.15) is 42.6 Å². The Hall–Kier alpha value is -2.90. The molecule has 34 heavy (non-hydrogen) atoms. The second-order valence-corrected chi connectivity index (χ2v) is 9.78. The molecule has 0 spiro atoms. The van der Waals surface area contributed by atoms with Gasteiger partial charge in [0.15, 0.2) is 0 Å². The van der Waals surface area contributed by atoms with Gasteiger partial charge in [-0.25, -0.2) is 0 Å². The second kappa shape index (κ2) is 10.6. The Morgan fingerprint density at radius 1 is 1.24 bits per heavy atom. The summed E-state index contributed by atoms with van der Waals surface area (Å²) in [6, 6.07) is 15.2. The molecule has 1 aliphatic heterocycles. The number of nitrogens with zero attached hydrogens (tertiary/aromatic N) is 2. The van der Waals surface area contributed by atoms with Gasteiger partial charge in [0, 0.05) is 37.2 Å². The van der Waals surface area contributed by atoms with E-state index in [0.29, 0.717) is 30.1 Å². The number of hydrogen-bond acceptors (Lipinski definition) is 5. The van der Waals surface area contributed by atoms with E-state index in [9.17, 15) is 14.7 Å². The van der Waals surface area contributed by atoms with Crippen molar-refractivity contribution in [2.24, 2.45) is 11.8 Å². The van der Waals surface area contributed by atoms with Crippen molar-refractivity contribution >= 4 is 17.5 Å². The molecule has 2 N–H and O–H groups in total. The van der Waals surface area contributed by atoms with Gasteiger partial charge >= 0.3 is 0 Å². The van der Waals surface area contributed by atoms with Crippen LogP contribution in [0.3, 0.4) is 0 Å². The van der Waals surface area contributed by atoms with Gasteiger partial charge in [-0.05, 0) is 50.6 Å². The molecule has 2 aromatic rings. The lowest BCUT2D eigenvalue weighted by molar-refractivity contribution is -0.117. The first-order valence-electron chi connectivity index (χ1n) is 12.1. The Labute approximate surface area is 201 Å². The number of carbonyl (C=O) groups is 2. The molecule has 0 unspecified atom stereocenters. The summed E-state index contributed by atoms with van der Waals surface area (Å²) in [6.45, 7) is 5.77. The Bertz CT molecular complexity index is 1010.